The monoisotopic (exact) mass is 290 g/mol. The summed E-state index contributed by atoms with van der Waals surface area (Å²) in [6.45, 7) is 1.85. The number of sulfonamides is 1. The van der Waals surface area contributed by atoms with E-state index in [1.807, 2.05) is 0 Å². The molecule has 1 aliphatic carbocycles. The van der Waals surface area contributed by atoms with E-state index in [0.717, 1.165) is 25.0 Å². The van der Waals surface area contributed by atoms with Crippen LogP contribution in [0.1, 0.15) is 19.8 Å². The minimum Gasteiger partial charge on any atom is -0.313 e. The molecular weight excluding hydrogens is 274 g/mol. The van der Waals surface area contributed by atoms with Gasteiger partial charge in [-0.25, -0.2) is 17.2 Å². The second kappa shape index (κ2) is 5.42. The molecule has 2 rings (SSSR count). The van der Waals surface area contributed by atoms with E-state index in [-0.39, 0.29) is 5.69 Å². The molecule has 1 aliphatic rings. The van der Waals surface area contributed by atoms with Crippen LogP contribution in [-0.2, 0) is 10.0 Å². The van der Waals surface area contributed by atoms with Gasteiger partial charge in [-0.1, -0.05) is 0 Å². The molecule has 1 fully saturated rings. The maximum atomic E-state index is 13.4. The molecule has 1 saturated carbocycles. The summed E-state index contributed by atoms with van der Waals surface area (Å²) in [5.74, 6) is -1.67. The third-order valence-corrected chi connectivity index (χ3v) is 4.71. The Hall–Kier alpha value is -1.21. The lowest BCUT2D eigenvalue weighted by atomic mass is 10.3. The topological polar surface area (TPSA) is 58.2 Å². The molecule has 106 valence electrons. The summed E-state index contributed by atoms with van der Waals surface area (Å²) >= 11 is 0. The lowest BCUT2D eigenvalue weighted by Gasteiger charge is -2.15. The Labute approximate surface area is 111 Å². The van der Waals surface area contributed by atoms with E-state index in [1.165, 1.54) is 0 Å². The van der Waals surface area contributed by atoms with Gasteiger partial charge < -0.3 is 5.32 Å². The van der Waals surface area contributed by atoms with Crippen molar-refractivity contribution in [2.45, 2.75) is 31.1 Å². The van der Waals surface area contributed by atoms with E-state index >= 15 is 0 Å². The van der Waals surface area contributed by atoms with Crippen LogP contribution in [0.25, 0.3) is 0 Å². The minimum atomic E-state index is -3.69. The van der Waals surface area contributed by atoms with Crippen LogP contribution >= 0.6 is 0 Å². The molecule has 0 spiro atoms. The summed E-state index contributed by atoms with van der Waals surface area (Å²) in [7, 11) is -3.69. The molecule has 0 radical (unpaired) electrons. The molecule has 0 saturated heterocycles. The van der Waals surface area contributed by atoms with Crippen molar-refractivity contribution >= 4 is 15.7 Å². The zero-order chi connectivity index (χ0) is 14.0. The quantitative estimate of drug-likeness (QED) is 0.840. The Bertz CT molecular complexity index is 559. The lowest BCUT2D eigenvalue weighted by molar-refractivity contribution is 0.571. The van der Waals surface area contributed by atoms with Crippen molar-refractivity contribution in [1.82, 2.24) is 5.32 Å². The molecule has 0 aliphatic heterocycles. The molecule has 0 heterocycles. The van der Waals surface area contributed by atoms with Gasteiger partial charge in [0.05, 0.1) is 10.9 Å². The Kier molecular flexibility index (Phi) is 4.05. The second-order valence-corrected chi connectivity index (χ2v) is 6.86. The van der Waals surface area contributed by atoms with Crippen molar-refractivity contribution < 1.29 is 17.2 Å². The van der Waals surface area contributed by atoms with Crippen molar-refractivity contribution in [2.24, 2.45) is 0 Å². The molecule has 1 aromatic rings. The van der Waals surface area contributed by atoms with E-state index in [2.05, 4.69) is 10.0 Å². The first-order chi connectivity index (χ1) is 8.88. The van der Waals surface area contributed by atoms with E-state index in [9.17, 15) is 17.2 Å². The number of rotatable bonds is 6. The zero-order valence-corrected chi connectivity index (χ0v) is 11.3. The zero-order valence-electron chi connectivity index (χ0n) is 10.5. The van der Waals surface area contributed by atoms with Gasteiger partial charge in [0.1, 0.15) is 11.6 Å². The summed E-state index contributed by atoms with van der Waals surface area (Å²) in [5, 5.41) is 2.40. The van der Waals surface area contributed by atoms with Crippen molar-refractivity contribution in [3.05, 3.63) is 29.8 Å². The molecule has 1 unspecified atom stereocenters. The molecule has 4 nitrogen and oxygen atoms in total. The highest BCUT2D eigenvalue weighted by atomic mass is 32.2. The highest BCUT2D eigenvalue weighted by Crippen LogP contribution is 2.20. The standard InChI is InChI=1S/C12H16F2N2O2S/c1-8(7-15-10-3-4-10)19(17,18)16-12-5-2-9(13)6-11(12)14/h2,5-6,8,10,15-16H,3-4,7H2,1H3. The third-order valence-electron chi connectivity index (χ3n) is 2.98. The largest absolute Gasteiger partial charge is 0.313 e. The highest BCUT2D eigenvalue weighted by Gasteiger charge is 2.26. The Morgan fingerprint density at radius 3 is 2.63 bits per heavy atom. The smallest absolute Gasteiger partial charge is 0.236 e. The number of halogens is 2. The van der Waals surface area contributed by atoms with Gasteiger partial charge in [-0.3, -0.25) is 4.72 Å². The van der Waals surface area contributed by atoms with Gasteiger partial charge in [0.15, 0.2) is 0 Å². The first kappa shape index (κ1) is 14.2. The van der Waals surface area contributed by atoms with Crippen LogP contribution in [0.5, 0.6) is 0 Å². The molecule has 1 atom stereocenters. The average Bonchev–Trinajstić information content (AvgIpc) is 3.13. The van der Waals surface area contributed by atoms with Crippen LogP contribution < -0.4 is 10.0 Å². The Balaban J connectivity index is 2.02. The van der Waals surface area contributed by atoms with Crippen LogP contribution in [0, 0.1) is 11.6 Å². The molecule has 7 heteroatoms. The van der Waals surface area contributed by atoms with Crippen LogP contribution in [-0.4, -0.2) is 26.3 Å². The molecular formula is C12H16F2N2O2S. The number of hydrogen-bond acceptors (Lipinski definition) is 3. The van der Waals surface area contributed by atoms with Gasteiger partial charge in [0.25, 0.3) is 0 Å². The lowest BCUT2D eigenvalue weighted by Crippen LogP contribution is -2.35. The first-order valence-corrected chi connectivity index (χ1v) is 7.63. The summed E-state index contributed by atoms with van der Waals surface area (Å²) in [6.07, 6.45) is 2.12. The number of benzene rings is 1. The van der Waals surface area contributed by atoms with Crippen LogP contribution in [0.2, 0.25) is 0 Å². The normalized spacial score (nSPS) is 17.2. The van der Waals surface area contributed by atoms with Crippen molar-refractivity contribution in [1.29, 1.82) is 0 Å². The Morgan fingerprint density at radius 1 is 1.37 bits per heavy atom. The molecule has 0 aromatic heterocycles. The van der Waals surface area contributed by atoms with E-state index in [1.54, 1.807) is 6.92 Å². The highest BCUT2D eigenvalue weighted by molar-refractivity contribution is 7.93. The van der Waals surface area contributed by atoms with Gasteiger partial charge in [-0.05, 0) is 31.9 Å². The summed E-state index contributed by atoms with van der Waals surface area (Å²) < 4.78 is 52.2. The maximum Gasteiger partial charge on any atom is 0.236 e. The predicted molar refractivity (Wildman–Crippen MR) is 69.4 cm³/mol. The summed E-state index contributed by atoms with van der Waals surface area (Å²) in [5.41, 5.74) is -0.236. The molecule has 2 N–H and O–H groups in total. The van der Waals surface area contributed by atoms with E-state index in [0.29, 0.717) is 18.7 Å². The van der Waals surface area contributed by atoms with Gasteiger partial charge in [0.2, 0.25) is 10.0 Å². The number of hydrogen-bond donors (Lipinski definition) is 2. The van der Waals surface area contributed by atoms with Gasteiger partial charge >= 0.3 is 0 Å². The fraction of sp³-hybridized carbons (Fsp3) is 0.500. The fourth-order valence-corrected chi connectivity index (χ4v) is 2.54. The average molecular weight is 290 g/mol. The van der Waals surface area contributed by atoms with Crippen LogP contribution in [0.3, 0.4) is 0 Å². The third kappa shape index (κ3) is 3.87. The molecule has 0 bridgehead atoms. The molecule has 0 amide bonds. The van der Waals surface area contributed by atoms with Gasteiger partial charge in [-0.15, -0.1) is 0 Å². The predicted octanol–water partition coefficient (Wildman–Crippen LogP) is 1.85. The second-order valence-electron chi connectivity index (χ2n) is 4.76. The molecule has 19 heavy (non-hydrogen) atoms. The van der Waals surface area contributed by atoms with Gasteiger partial charge in [0, 0.05) is 18.7 Å². The molecule has 1 aromatic carbocycles. The van der Waals surface area contributed by atoms with Crippen LogP contribution in [0.4, 0.5) is 14.5 Å². The van der Waals surface area contributed by atoms with Crippen LogP contribution in [0.15, 0.2) is 18.2 Å². The van der Waals surface area contributed by atoms with Crippen molar-refractivity contribution in [2.75, 3.05) is 11.3 Å². The van der Waals surface area contributed by atoms with E-state index < -0.39 is 26.9 Å². The summed E-state index contributed by atoms with van der Waals surface area (Å²) in [6, 6.07) is 3.13. The summed E-state index contributed by atoms with van der Waals surface area (Å²) in [4.78, 5) is 0. The van der Waals surface area contributed by atoms with Crippen molar-refractivity contribution in [3.63, 3.8) is 0 Å². The fourth-order valence-electron chi connectivity index (χ4n) is 1.56. The first-order valence-electron chi connectivity index (χ1n) is 6.08. The van der Waals surface area contributed by atoms with Crippen molar-refractivity contribution in [3.8, 4) is 0 Å². The number of anilines is 1. The number of nitrogens with one attached hydrogen (secondary N) is 2. The van der Waals surface area contributed by atoms with E-state index in [4.69, 9.17) is 0 Å². The maximum absolute atomic E-state index is 13.4. The minimum absolute atomic E-state index is 0.236. The SMILES string of the molecule is CC(CNC1CC1)S(=O)(=O)Nc1ccc(F)cc1F. The van der Waals surface area contributed by atoms with Gasteiger partial charge in [-0.2, -0.15) is 0 Å². The Morgan fingerprint density at radius 2 is 2.05 bits per heavy atom.